The lowest BCUT2D eigenvalue weighted by atomic mass is 10.2. The smallest absolute Gasteiger partial charge is 0.237 e. The third kappa shape index (κ3) is 4.12. The molecule has 1 aromatic heterocycles. The molecule has 1 amide bonds. The Bertz CT molecular complexity index is 691. The van der Waals surface area contributed by atoms with Gasteiger partial charge < -0.3 is 10.1 Å². The molecule has 0 saturated heterocycles. The summed E-state index contributed by atoms with van der Waals surface area (Å²) in [5.74, 6) is 0.408. The standard InChI is InChI=1S/C14H16ClN3O2S2/c1-7-5-11(12(20-4)6-10(7)15)16-13(19)8(2)21-14-18-17-9(3)22-14/h5-6,8H,1-4H3,(H,16,19)/t8-/m0/s1. The number of carbonyl (C=O) groups is 1. The number of ether oxygens (including phenoxy) is 1. The molecule has 0 bridgehead atoms. The molecular formula is C14H16ClN3O2S2. The number of thioether (sulfide) groups is 1. The molecule has 1 heterocycles. The first kappa shape index (κ1) is 17.1. The zero-order chi connectivity index (χ0) is 16.3. The second-order valence-electron chi connectivity index (χ2n) is 4.64. The van der Waals surface area contributed by atoms with Crippen molar-refractivity contribution in [2.75, 3.05) is 12.4 Å². The van der Waals surface area contributed by atoms with E-state index in [0.29, 0.717) is 16.5 Å². The Hall–Kier alpha value is -1.31. The molecule has 1 aromatic carbocycles. The molecule has 118 valence electrons. The molecule has 0 aliphatic rings. The summed E-state index contributed by atoms with van der Waals surface area (Å²) in [6.45, 7) is 5.58. The summed E-state index contributed by atoms with van der Waals surface area (Å²) in [7, 11) is 1.54. The molecule has 1 N–H and O–H groups in total. The van der Waals surface area contributed by atoms with Crippen LogP contribution >= 0.6 is 34.7 Å². The van der Waals surface area contributed by atoms with Gasteiger partial charge in [0.2, 0.25) is 5.91 Å². The monoisotopic (exact) mass is 357 g/mol. The van der Waals surface area contributed by atoms with Gasteiger partial charge in [-0.3, -0.25) is 4.79 Å². The summed E-state index contributed by atoms with van der Waals surface area (Å²) in [5.41, 5.74) is 1.48. The molecule has 8 heteroatoms. The zero-order valence-electron chi connectivity index (χ0n) is 12.6. The van der Waals surface area contributed by atoms with Crippen LogP contribution in [0.1, 0.15) is 17.5 Å². The molecular weight excluding hydrogens is 342 g/mol. The fourth-order valence-corrected chi connectivity index (χ4v) is 3.81. The van der Waals surface area contributed by atoms with Gasteiger partial charge >= 0.3 is 0 Å². The molecule has 0 aliphatic carbocycles. The first-order chi connectivity index (χ1) is 10.4. The minimum atomic E-state index is -0.298. The second-order valence-corrected chi connectivity index (χ2v) is 7.81. The van der Waals surface area contributed by atoms with E-state index in [0.717, 1.165) is 14.9 Å². The van der Waals surface area contributed by atoms with E-state index in [-0.39, 0.29) is 11.2 Å². The van der Waals surface area contributed by atoms with E-state index in [9.17, 15) is 4.79 Å². The summed E-state index contributed by atoms with van der Waals surface area (Å²) in [4.78, 5) is 12.3. The molecule has 0 unspecified atom stereocenters. The van der Waals surface area contributed by atoms with Crippen molar-refractivity contribution in [2.45, 2.75) is 30.4 Å². The summed E-state index contributed by atoms with van der Waals surface area (Å²) in [6.07, 6.45) is 0. The number of hydrogen-bond donors (Lipinski definition) is 1. The quantitative estimate of drug-likeness (QED) is 0.821. The Morgan fingerprint density at radius 3 is 2.73 bits per heavy atom. The number of amides is 1. The van der Waals surface area contributed by atoms with E-state index < -0.39 is 0 Å². The van der Waals surface area contributed by atoms with Gasteiger partial charge in [-0.05, 0) is 32.4 Å². The minimum absolute atomic E-state index is 0.127. The van der Waals surface area contributed by atoms with Gasteiger partial charge in [-0.25, -0.2) is 0 Å². The number of aryl methyl sites for hydroxylation is 2. The fourth-order valence-electron chi connectivity index (χ4n) is 1.69. The van der Waals surface area contributed by atoms with Crippen LogP contribution in [0.4, 0.5) is 5.69 Å². The van der Waals surface area contributed by atoms with Crippen LogP contribution in [-0.2, 0) is 4.79 Å². The first-order valence-corrected chi connectivity index (χ1v) is 8.60. The van der Waals surface area contributed by atoms with E-state index in [1.54, 1.807) is 19.2 Å². The van der Waals surface area contributed by atoms with Crippen LogP contribution in [0.5, 0.6) is 5.75 Å². The van der Waals surface area contributed by atoms with Crippen molar-refractivity contribution < 1.29 is 9.53 Å². The van der Waals surface area contributed by atoms with Crippen LogP contribution in [0.2, 0.25) is 5.02 Å². The summed E-state index contributed by atoms with van der Waals surface area (Å²) >= 11 is 8.91. The molecule has 0 radical (unpaired) electrons. The number of carbonyl (C=O) groups excluding carboxylic acids is 1. The molecule has 0 saturated carbocycles. The van der Waals surface area contributed by atoms with Crippen molar-refractivity contribution in [1.82, 2.24) is 10.2 Å². The first-order valence-electron chi connectivity index (χ1n) is 6.52. The third-order valence-corrected chi connectivity index (χ3v) is 5.32. The van der Waals surface area contributed by atoms with Crippen molar-refractivity contribution in [3.05, 3.63) is 27.7 Å². The number of anilines is 1. The molecule has 0 aliphatic heterocycles. The van der Waals surface area contributed by atoms with Crippen molar-refractivity contribution >= 4 is 46.3 Å². The topological polar surface area (TPSA) is 64.1 Å². The second kappa shape index (κ2) is 7.30. The van der Waals surface area contributed by atoms with Crippen LogP contribution in [0.3, 0.4) is 0 Å². The molecule has 2 rings (SSSR count). The van der Waals surface area contributed by atoms with Crippen molar-refractivity contribution in [2.24, 2.45) is 0 Å². The van der Waals surface area contributed by atoms with Crippen molar-refractivity contribution in [1.29, 1.82) is 0 Å². The van der Waals surface area contributed by atoms with Gasteiger partial charge in [0.1, 0.15) is 10.8 Å². The highest BCUT2D eigenvalue weighted by atomic mass is 35.5. The van der Waals surface area contributed by atoms with Gasteiger partial charge in [-0.2, -0.15) is 0 Å². The average molecular weight is 358 g/mol. The number of aromatic nitrogens is 2. The molecule has 0 fully saturated rings. The molecule has 1 atom stereocenters. The van der Waals surface area contributed by atoms with Gasteiger partial charge in [-0.15, -0.1) is 10.2 Å². The van der Waals surface area contributed by atoms with Crippen LogP contribution in [0.25, 0.3) is 0 Å². The number of hydrogen-bond acceptors (Lipinski definition) is 6. The minimum Gasteiger partial charge on any atom is -0.495 e. The van der Waals surface area contributed by atoms with Gasteiger partial charge in [0.15, 0.2) is 4.34 Å². The van der Waals surface area contributed by atoms with Crippen LogP contribution in [0.15, 0.2) is 16.5 Å². The lowest BCUT2D eigenvalue weighted by molar-refractivity contribution is -0.115. The molecule has 0 spiro atoms. The lowest BCUT2D eigenvalue weighted by Crippen LogP contribution is -2.22. The maximum absolute atomic E-state index is 12.3. The number of nitrogens with zero attached hydrogens (tertiary/aromatic N) is 2. The van der Waals surface area contributed by atoms with E-state index in [2.05, 4.69) is 15.5 Å². The molecule has 2 aromatic rings. The number of rotatable bonds is 5. The Kier molecular flexibility index (Phi) is 5.66. The largest absolute Gasteiger partial charge is 0.495 e. The number of methoxy groups -OCH3 is 1. The highest BCUT2D eigenvalue weighted by Crippen LogP contribution is 2.32. The van der Waals surface area contributed by atoms with Crippen LogP contribution < -0.4 is 10.1 Å². The average Bonchev–Trinajstić information content (AvgIpc) is 2.87. The normalized spacial score (nSPS) is 12.0. The van der Waals surface area contributed by atoms with Gasteiger partial charge in [0, 0.05) is 11.1 Å². The number of benzene rings is 1. The van der Waals surface area contributed by atoms with E-state index in [1.807, 2.05) is 20.8 Å². The Morgan fingerprint density at radius 2 is 2.14 bits per heavy atom. The van der Waals surface area contributed by atoms with E-state index in [4.69, 9.17) is 16.3 Å². The van der Waals surface area contributed by atoms with Gasteiger partial charge in [0.25, 0.3) is 0 Å². The maximum Gasteiger partial charge on any atom is 0.237 e. The zero-order valence-corrected chi connectivity index (χ0v) is 15.0. The number of halogens is 1. The fraction of sp³-hybridized carbons (Fsp3) is 0.357. The number of nitrogens with one attached hydrogen (secondary N) is 1. The van der Waals surface area contributed by atoms with Crippen LogP contribution in [-0.4, -0.2) is 28.5 Å². The Labute approximate surface area is 142 Å². The predicted molar refractivity (Wildman–Crippen MR) is 91.3 cm³/mol. The highest BCUT2D eigenvalue weighted by molar-refractivity contribution is 8.02. The predicted octanol–water partition coefficient (Wildman–Crippen LogP) is 3.94. The summed E-state index contributed by atoms with van der Waals surface area (Å²) in [6, 6.07) is 3.49. The summed E-state index contributed by atoms with van der Waals surface area (Å²) in [5, 5.41) is 12.0. The lowest BCUT2D eigenvalue weighted by Gasteiger charge is -2.14. The van der Waals surface area contributed by atoms with Crippen molar-refractivity contribution in [3.8, 4) is 5.75 Å². The molecule has 22 heavy (non-hydrogen) atoms. The SMILES string of the molecule is COc1cc(Cl)c(C)cc1NC(=O)[C@H](C)Sc1nnc(C)s1. The Balaban J connectivity index is 2.09. The summed E-state index contributed by atoms with van der Waals surface area (Å²) < 4.78 is 6.03. The van der Waals surface area contributed by atoms with Gasteiger partial charge in [0.05, 0.1) is 18.0 Å². The van der Waals surface area contributed by atoms with Crippen molar-refractivity contribution in [3.63, 3.8) is 0 Å². The highest BCUT2D eigenvalue weighted by Gasteiger charge is 2.18. The molecule has 5 nitrogen and oxygen atoms in total. The van der Waals surface area contributed by atoms with Crippen LogP contribution in [0, 0.1) is 13.8 Å². The third-order valence-electron chi connectivity index (χ3n) is 2.89. The van der Waals surface area contributed by atoms with Gasteiger partial charge in [-0.1, -0.05) is 34.7 Å². The van der Waals surface area contributed by atoms with E-state index >= 15 is 0 Å². The van der Waals surface area contributed by atoms with E-state index in [1.165, 1.54) is 23.1 Å². The Morgan fingerprint density at radius 1 is 1.41 bits per heavy atom. The maximum atomic E-state index is 12.3.